The molecular formula is C10H10N2S. The number of hydrogen-bond acceptors (Lipinski definition) is 3. The first-order chi connectivity index (χ1) is 6.20. The molecule has 0 aromatic carbocycles. The molecule has 0 fully saturated rings. The Morgan fingerprint density at radius 1 is 1.00 bits per heavy atom. The minimum atomic E-state index is 0.424. The Kier molecular flexibility index (Phi) is 3.06. The van der Waals surface area contributed by atoms with Crippen molar-refractivity contribution in [2.24, 2.45) is 0 Å². The standard InChI is InChI=1S/C10H10N2S/c1-7-9(3-5-11)10(4-6-12)8(2)13-7/h3-4H2,1-2H3. The van der Waals surface area contributed by atoms with Gasteiger partial charge in [0.2, 0.25) is 0 Å². The van der Waals surface area contributed by atoms with Gasteiger partial charge in [0, 0.05) is 9.75 Å². The van der Waals surface area contributed by atoms with Gasteiger partial charge < -0.3 is 0 Å². The number of thiophene rings is 1. The maximum absolute atomic E-state index is 8.62. The van der Waals surface area contributed by atoms with Gasteiger partial charge in [0.15, 0.2) is 0 Å². The van der Waals surface area contributed by atoms with Crippen LogP contribution < -0.4 is 0 Å². The van der Waals surface area contributed by atoms with Crippen molar-refractivity contribution in [1.82, 2.24) is 0 Å². The van der Waals surface area contributed by atoms with E-state index in [0.29, 0.717) is 12.8 Å². The molecule has 2 nitrogen and oxygen atoms in total. The van der Waals surface area contributed by atoms with E-state index in [0.717, 1.165) is 11.1 Å². The molecule has 0 amide bonds. The molecule has 1 aromatic heterocycles. The molecule has 0 spiro atoms. The second-order valence-electron chi connectivity index (χ2n) is 2.84. The SMILES string of the molecule is Cc1sc(C)c(CC#N)c1CC#N. The summed E-state index contributed by atoms with van der Waals surface area (Å²) in [5.41, 5.74) is 2.12. The number of nitrogens with zero attached hydrogens (tertiary/aromatic N) is 2. The third-order valence-corrected chi connectivity index (χ3v) is 3.14. The first kappa shape index (κ1) is 9.77. The van der Waals surface area contributed by atoms with E-state index in [1.54, 1.807) is 11.3 Å². The lowest BCUT2D eigenvalue weighted by atomic mass is 10.0. The number of hydrogen-bond donors (Lipinski definition) is 0. The van der Waals surface area contributed by atoms with Gasteiger partial charge in [-0.25, -0.2) is 0 Å². The van der Waals surface area contributed by atoms with Gasteiger partial charge in [-0.1, -0.05) is 0 Å². The van der Waals surface area contributed by atoms with Crippen molar-refractivity contribution in [3.63, 3.8) is 0 Å². The van der Waals surface area contributed by atoms with Crippen molar-refractivity contribution >= 4 is 11.3 Å². The topological polar surface area (TPSA) is 47.6 Å². The lowest BCUT2D eigenvalue weighted by Crippen LogP contribution is -1.90. The second-order valence-corrected chi connectivity index (χ2v) is 4.27. The monoisotopic (exact) mass is 190 g/mol. The lowest BCUT2D eigenvalue weighted by Gasteiger charge is -1.96. The maximum atomic E-state index is 8.62. The minimum Gasteiger partial charge on any atom is -0.198 e. The summed E-state index contributed by atoms with van der Waals surface area (Å²) >= 11 is 1.67. The Labute approximate surface area is 82.0 Å². The van der Waals surface area contributed by atoms with Crippen LogP contribution in [0.4, 0.5) is 0 Å². The molecule has 0 unspecified atom stereocenters. The van der Waals surface area contributed by atoms with Crippen LogP contribution in [-0.4, -0.2) is 0 Å². The van der Waals surface area contributed by atoms with E-state index < -0.39 is 0 Å². The fraction of sp³-hybridized carbons (Fsp3) is 0.400. The van der Waals surface area contributed by atoms with Crippen molar-refractivity contribution < 1.29 is 0 Å². The molecule has 66 valence electrons. The molecule has 13 heavy (non-hydrogen) atoms. The van der Waals surface area contributed by atoms with Crippen LogP contribution in [0.3, 0.4) is 0 Å². The zero-order valence-corrected chi connectivity index (χ0v) is 8.53. The van der Waals surface area contributed by atoms with Crippen LogP contribution in [0.2, 0.25) is 0 Å². The Hall–Kier alpha value is -1.32. The predicted molar refractivity (Wildman–Crippen MR) is 52.4 cm³/mol. The van der Waals surface area contributed by atoms with Crippen LogP contribution in [0.25, 0.3) is 0 Å². The highest BCUT2D eigenvalue weighted by molar-refractivity contribution is 7.12. The van der Waals surface area contributed by atoms with Crippen LogP contribution in [-0.2, 0) is 12.8 Å². The Bertz CT molecular complexity index is 354. The number of aryl methyl sites for hydroxylation is 2. The first-order valence-corrected chi connectivity index (χ1v) is 4.84. The van der Waals surface area contributed by atoms with Crippen LogP contribution in [0, 0.1) is 36.5 Å². The zero-order chi connectivity index (χ0) is 9.84. The van der Waals surface area contributed by atoms with Gasteiger partial charge in [-0.05, 0) is 25.0 Å². The van der Waals surface area contributed by atoms with Crippen molar-refractivity contribution in [1.29, 1.82) is 10.5 Å². The molecule has 0 aliphatic carbocycles. The molecule has 0 saturated heterocycles. The van der Waals surface area contributed by atoms with E-state index in [1.165, 1.54) is 9.75 Å². The third-order valence-electron chi connectivity index (χ3n) is 2.03. The van der Waals surface area contributed by atoms with Gasteiger partial charge in [-0.3, -0.25) is 0 Å². The molecule has 0 aliphatic rings. The summed E-state index contributed by atoms with van der Waals surface area (Å²) < 4.78 is 0. The fourth-order valence-electron chi connectivity index (χ4n) is 1.40. The molecule has 3 heteroatoms. The predicted octanol–water partition coefficient (Wildman–Crippen LogP) is 2.50. The van der Waals surface area contributed by atoms with Crippen LogP contribution in [0.15, 0.2) is 0 Å². The van der Waals surface area contributed by atoms with Crippen LogP contribution in [0.1, 0.15) is 20.9 Å². The largest absolute Gasteiger partial charge is 0.198 e. The van der Waals surface area contributed by atoms with Crippen molar-refractivity contribution in [2.45, 2.75) is 26.7 Å². The van der Waals surface area contributed by atoms with Gasteiger partial charge >= 0.3 is 0 Å². The average Bonchev–Trinajstić information content (AvgIpc) is 2.33. The van der Waals surface area contributed by atoms with Crippen molar-refractivity contribution in [2.75, 3.05) is 0 Å². The first-order valence-electron chi connectivity index (χ1n) is 4.02. The number of rotatable bonds is 2. The van der Waals surface area contributed by atoms with E-state index in [-0.39, 0.29) is 0 Å². The van der Waals surface area contributed by atoms with Gasteiger partial charge in [-0.2, -0.15) is 10.5 Å². The summed E-state index contributed by atoms with van der Waals surface area (Å²) in [6.45, 7) is 4.01. The quantitative estimate of drug-likeness (QED) is 0.719. The molecule has 0 N–H and O–H groups in total. The highest BCUT2D eigenvalue weighted by Gasteiger charge is 2.11. The second kappa shape index (κ2) is 4.07. The number of nitriles is 2. The van der Waals surface area contributed by atoms with Crippen LogP contribution in [0.5, 0.6) is 0 Å². The van der Waals surface area contributed by atoms with E-state index in [9.17, 15) is 0 Å². The van der Waals surface area contributed by atoms with E-state index in [1.807, 2.05) is 13.8 Å². The molecular weight excluding hydrogens is 180 g/mol. The maximum Gasteiger partial charge on any atom is 0.0670 e. The normalized spacial score (nSPS) is 9.23. The summed E-state index contributed by atoms with van der Waals surface area (Å²) in [6, 6.07) is 4.27. The summed E-state index contributed by atoms with van der Waals surface area (Å²) in [5.74, 6) is 0. The Balaban J connectivity index is 3.16. The summed E-state index contributed by atoms with van der Waals surface area (Å²) in [6.07, 6.45) is 0.848. The summed E-state index contributed by atoms with van der Waals surface area (Å²) in [4.78, 5) is 2.34. The van der Waals surface area contributed by atoms with Gasteiger partial charge in [-0.15, -0.1) is 11.3 Å². The molecule has 1 aromatic rings. The molecule has 1 heterocycles. The van der Waals surface area contributed by atoms with Crippen molar-refractivity contribution in [3.8, 4) is 12.1 Å². The highest BCUT2D eigenvalue weighted by atomic mass is 32.1. The minimum absolute atomic E-state index is 0.424. The van der Waals surface area contributed by atoms with E-state index in [2.05, 4.69) is 12.1 Å². The fourth-order valence-corrected chi connectivity index (χ4v) is 2.49. The molecule has 1 rings (SSSR count). The Morgan fingerprint density at radius 3 is 1.69 bits per heavy atom. The summed E-state index contributed by atoms with van der Waals surface area (Å²) in [5, 5.41) is 17.2. The van der Waals surface area contributed by atoms with E-state index in [4.69, 9.17) is 10.5 Å². The van der Waals surface area contributed by atoms with E-state index >= 15 is 0 Å². The smallest absolute Gasteiger partial charge is 0.0670 e. The zero-order valence-electron chi connectivity index (χ0n) is 7.72. The third kappa shape index (κ3) is 1.88. The van der Waals surface area contributed by atoms with Gasteiger partial charge in [0.05, 0.1) is 25.0 Å². The molecule has 0 saturated carbocycles. The Morgan fingerprint density at radius 2 is 1.38 bits per heavy atom. The van der Waals surface area contributed by atoms with Gasteiger partial charge in [0.1, 0.15) is 0 Å². The summed E-state index contributed by atoms with van der Waals surface area (Å²) in [7, 11) is 0. The van der Waals surface area contributed by atoms with Crippen LogP contribution >= 0.6 is 11.3 Å². The molecule has 0 radical (unpaired) electrons. The van der Waals surface area contributed by atoms with Crippen molar-refractivity contribution in [3.05, 3.63) is 20.9 Å². The molecule has 0 atom stereocenters. The van der Waals surface area contributed by atoms with Gasteiger partial charge in [0.25, 0.3) is 0 Å². The lowest BCUT2D eigenvalue weighted by molar-refractivity contribution is 1.15. The molecule has 0 aliphatic heterocycles. The molecule has 0 bridgehead atoms. The highest BCUT2D eigenvalue weighted by Crippen LogP contribution is 2.27. The average molecular weight is 190 g/mol.